The van der Waals surface area contributed by atoms with Crippen molar-refractivity contribution in [2.24, 2.45) is 5.14 Å². The SMILES string of the molecule is CS(=O)(=O)O.CS(N)(=O)=O.[Cu+2].c1ccc2c(c1)-c1nc-2nc2[n-]c(nc3nc(nc4[n-]c(n1)c1ccccc41)-c1ccccc1-3)c1ccccc21. The summed E-state index contributed by atoms with van der Waals surface area (Å²) in [6.45, 7) is 0. The van der Waals surface area contributed by atoms with Crippen LogP contribution < -0.4 is 15.1 Å². The number of benzene rings is 4. The fraction of sp³-hybridized carbons (Fsp3) is 0.0588. The standard InChI is InChI=1S/C32H16N8.CH5NO2S.CH4O3S.Cu/c1-2-10-18-17(9-1)25-33-26(18)38-28-21-13-5-6-14-22(21)30(35-28)40-32-24-16-8-7-15-23(24)31(36-32)39-29-20-12-4-3-11-19(20)27(34-29)37-25;2*1-5(2,3)4;/h1-16H;1H3,(H2,2,3,4);1H3,(H,2,3,4);/q-2;;;+2. The van der Waals surface area contributed by atoms with E-state index < -0.39 is 20.1 Å². The van der Waals surface area contributed by atoms with Gasteiger partial charge in [-0.05, 0) is 21.5 Å². The molecule has 259 valence electrons. The van der Waals surface area contributed by atoms with Gasteiger partial charge in [-0.15, -0.1) is 0 Å². The number of fused-ring (bicyclic) bond motifs is 20. The van der Waals surface area contributed by atoms with Crippen molar-refractivity contribution in [3.05, 3.63) is 97.1 Å². The molecule has 4 aromatic carbocycles. The van der Waals surface area contributed by atoms with Gasteiger partial charge in [0, 0.05) is 44.8 Å². The van der Waals surface area contributed by atoms with E-state index in [-0.39, 0.29) is 17.1 Å². The van der Waals surface area contributed by atoms with Crippen molar-refractivity contribution in [1.29, 1.82) is 0 Å². The van der Waals surface area contributed by atoms with Gasteiger partial charge >= 0.3 is 17.1 Å². The maximum Gasteiger partial charge on any atom is 2.00 e. The molecule has 8 bridgehead atoms. The van der Waals surface area contributed by atoms with E-state index in [1.165, 1.54) is 0 Å². The number of hydrogen-bond acceptors (Lipinski definition) is 10. The second-order valence-electron chi connectivity index (χ2n) is 11.2. The fourth-order valence-corrected chi connectivity index (χ4v) is 5.46. The number of nitrogens with zero attached hydrogens (tertiary/aromatic N) is 8. The van der Waals surface area contributed by atoms with Gasteiger partial charge in [-0.2, -0.15) is 8.42 Å². The number of rotatable bonds is 0. The summed E-state index contributed by atoms with van der Waals surface area (Å²) in [6.07, 6.45) is 1.65. The monoisotopic (exact) mass is 766 g/mol. The molecule has 9 rings (SSSR count). The van der Waals surface area contributed by atoms with Gasteiger partial charge in [0.05, 0.1) is 35.8 Å². The first-order valence-corrected chi connectivity index (χ1v) is 18.6. The molecule has 0 unspecified atom stereocenters. The Kier molecular flexibility index (Phi) is 9.52. The summed E-state index contributed by atoms with van der Waals surface area (Å²) in [4.78, 5) is 39.3. The summed E-state index contributed by atoms with van der Waals surface area (Å²) >= 11 is 0. The van der Waals surface area contributed by atoms with E-state index in [9.17, 15) is 16.8 Å². The maximum absolute atomic E-state index is 9.41. The van der Waals surface area contributed by atoms with Gasteiger partial charge < -0.3 is 29.9 Å². The number of sulfonamides is 1. The van der Waals surface area contributed by atoms with Crippen LogP contribution in [0, 0.1) is 0 Å². The minimum Gasteiger partial charge on any atom is -0.357 e. The molecule has 0 saturated carbocycles. The molecule has 0 saturated heterocycles. The van der Waals surface area contributed by atoms with Gasteiger partial charge in [0.1, 0.15) is 0 Å². The van der Waals surface area contributed by atoms with Crippen molar-refractivity contribution < 1.29 is 38.5 Å². The molecule has 0 fully saturated rings. The van der Waals surface area contributed by atoms with E-state index >= 15 is 0 Å². The molecular weight excluding hydrogens is 742 g/mol. The van der Waals surface area contributed by atoms with Crippen LogP contribution in [-0.4, -0.2) is 63.8 Å². The maximum atomic E-state index is 9.41. The zero-order chi connectivity index (χ0) is 35.2. The molecule has 51 heavy (non-hydrogen) atoms. The minimum atomic E-state index is -3.67. The first-order valence-electron chi connectivity index (χ1n) is 14.8. The van der Waals surface area contributed by atoms with Gasteiger partial charge in [0.25, 0.3) is 10.1 Å². The first-order chi connectivity index (χ1) is 23.8. The van der Waals surface area contributed by atoms with E-state index in [1.807, 2.05) is 97.1 Å². The first kappa shape index (κ1) is 35.4. The molecule has 0 atom stereocenters. The van der Waals surface area contributed by atoms with Gasteiger partial charge in [-0.1, -0.05) is 97.1 Å². The summed E-state index contributed by atoms with van der Waals surface area (Å²) in [5.74, 6) is 2.21. The Hall–Kier alpha value is -5.42. The van der Waals surface area contributed by atoms with Crippen molar-refractivity contribution in [2.45, 2.75) is 0 Å². The van der Waals surface area contributed by atoms with E-state index in [4.69, 9.17) is 44.4 Å². The Morgan fingerprint density at radius 3 is 0.882 bits per heavy atom. The predicted octanol–water partition coefficient (Wildman–Crippen LogP) is 4.53. The fourth-order valence-electron chi connectivity index (χ4n) is 5.46. The number of nitrogens with two attached hydrogens (primary N) is 1. The van der Waals surface area contributed by atoms with Crippen LogP contribution in [0.15, 0.2) is 97.1 Å². The predicted molar refractivity (Wildman–Crippen MR) is 190 cm³/mol. The molecule has 2 aliphatic rings. The Balaban J connectivity index is 0.000000363. The van der Waals surface area contributed by atoms with Crippen LogP contribution >= 0.6 is 0 Å². The average molecular weight is 767 g/mol. The molecule has 5 heterocycles. The topological polar surface area (TPSA) is 220 Å². The third-order valence-corrected chi connectivity index (χ3v) is 7.33. The van der Waals surface area contributed by atoms with Crippen LogP contribution in [-0.2, 0) is 37.2 Å². The normalized spacial score (nSPS) is 11.7. The van der Waals surface area contributed by atoms with Crippen molar-refractivity contribution in [2.75, 3.05) is 12.5 Å². The average Bonchev–Trinajstić information content (AvgIpc) is 3.79. The number of aromatic nitrogens is 8. The van der Waals surface area contributed by atoms with Crippen molar-refractivity contribution >= 4 is 64.3 Å². The molecule has 3 aromatic heterocycles. The molecule has 2 aliphatic heterocycles. The molecule has 14 nitrogen and oxygen atoms in total. The van der Waals surface area contributed by atoms with Crippen molar-refractivity contribution in [1.82, 2.24) is 39.9 Å². The summed E-state index contributed by atoms with van der Waals surface area (Å²) in [6, 6.07) is 31.8. The van der Waals surface area contributed by atoms with Gasteiger partial charge in [0.15, 0.2) is 0 Å². The summed E-state index contributed by atoms with van der Waals surface area (Å²) in [7, 11) is -6.83. The smallest absolute Gasteiger partial charge is 0.357 e. The third-order valence-electron chi connectivity index (χ3n) is 7.33. The van der Waals surface area contributed by atoms with Crippen molar-refractivity contribution in [3.63, 3.8) is 0 Å². The van der Waals surface area contributed by atoms with E-state index in [1.54, 1.807) is 0 Å². The summed E-state index contributed by atoms with van der Waals surface area (Å²) in [5, 5.41) is 7.90. The molecule has 0 spiro atoms. The van der Waals surface area contributed by atoms with E-state index in [0.29, 0.717) is 52.1 Å². The van der Waals surface area contributed by atoms with Gasteiger partial charge in [0.2, 0.25) is 10.0 Å². The van der Waals surface area contributed by atoms with Crippen LogP contribution in [0.4, 0.5) is 0 Å². The second-order valence-corrected chi connectivity index (χ2v) is 14.4. The zero-order valence-corrected chi connectivity index (χ0v) is 29.2. The molecule has 0 aliphatic carbocycles. The van der Waals surface area contributed by atoms with Crippen LogP contribution in [0.5, 0.6) is 0 Å². The van der Waals surface area contributed by atoms with Gasteiger partial charge in [-0.3, -0.25) is 4.55 Å². The Labute approximate surface area is 301 Å². The number of hydrogen-bond donors (Lipinski definition) is 2. The molecular formula is C34H25CuN9O5S2. The van der Waals surface area contributed by atoms with E-state index in [2.05, 4.69) is 5.14 Å². The third kappa shape index (κ3) is 7.68. The Bertz CT molecular complexity index is 2510. The summed E-state index contributed by atoms with van der Waals surface area (Å²) < 4.78 is 44.7. The minimum absolute atomic E-state index is 0. The zero-order valence-electron chi connectivity index (χ0n) is 26.6. The molecule has 17 heteroatoms. The molecule has 1 radical (unpaired) electrons. The second kappa shape index (κ2) is 13.7. The quantitative estimate of drug-likeness (QED) is 0.160. The molecule has 7 aromatic rings. The molecule has 3 N–H and O–H groups in total. The largest absolute Gasteiger partial charge is 2.00 e. The van der Waals surface area contributed by atoms with Crippen molar-refractivity contribution in [3.8, 4) is 45.6 Å². The van der Waals surface area contributed by atoms with Gasteiger partial charge in [-0.25, -0.2) is 23.5 Å². The Morgan fingerprint density at radius 1 is 0.471 bits per heavy atom. The van der Waals surface area contributed by atoms with Crippen LogP contribution in [0.1, 0.15) is 0 Å². The van der Waals surface area contributed by atoms with Crippen LogP contribution in [0.2, 0.25) is 0 Å². The molecule has 0 amide bonds. The van der Waals surface area contributed by atoms with E-state index in [0.717, 1.165) is 50.1 Å². The van der Waals surface area contributed by atoms with Crippen LogP contribution in [0.25, 0.3) is 89.7 Å². The van der Waals surface area contributed by atoms with Crippen LogP contribution in [0.3, 0.4) is 0 Å². The Morgan fingerprint density at radius 2 is 0.667 bits per heavy atom. The summed E-state index contributed by atoms with van der Waals surface area (Å²) in [5.41, 5.74) is 5.78. The number of primary sulfonamides is 1.